The molecule has 0 N–H and O–H groups in total. The fourth-order valence-corrected chi connectivity index (χ4v) is 4.40. The summed E-state index contributed by atoms with van der Waals surface area (Å²) in [6.45, 7) is 8.04. The molecule has 0 saturated carbocycles. The molecular formula is C11H20BrNO2S. The maximum Gasteiger partial charge on any atom is 0.242 e. The van der Waals surface area contributed by atoms with E-state index in [2.05, 4.69) is 15.9 Å². The topological polar surface area (TPSA) is 37.4 Å². The molecule has 0 aromatic carbocycles. The molecule has 0 spiro atoms. The van der Waals surface area contributed by atoms with Crippen LogP contribution >= 0.6 is 15.9 Å². The predicted molar refractivity (Wildman–Crippen MR) is 71.0 cm³/mol. The molecule has 1 unspecified atom stereocenters. The minimum absolute atomic E-state index is 0.0189. The molecule has 1 amide bonds. The Bertz CT molecular complexity index is 315. The number of hydrogen-bond acceptors (Lipinski definition) is 2. The van der Waals surface area contributed by atoms with Gasteiger partial charge in [-0.2, -0.15) is 0 Å². The van der Waals surface area contributed by atoms with E-state index in [-0.39, 0.29) is 5.91 Å². The van der Waals surface area contributed by atoms with E-state index in [1.54, 1.807) is 18.7 Å². The molecule has 0 aromatic rings. The van der Waals surface area contributed by atoms with Crippen LogP contribution in [0.2, 0.25) is 0 Å². The first kappa shape index (κ1) is 14.2. The molecule has 94 valence electrons. The van der Waals surface area contributed by atoms with E-state index < -0.39 is 20.4 Å². The number of nitrogens with zero attached hydrogens (tertiary/aromatic N) is 1. The van der Waals surface area contributed by atoms with Crippen molar-refractivity contribution in [2.75, 3.05) is 11.9 Å². The van der Waals surface area contributed by atoms with Crippen molar-refractivity contribution < 1.29 is 9.00 Å². The summed E-state index contributed by atoms with van der Waals surface area (Å²) in [6, 6.07) is 0. The number of alkyl halides is 1. The van der Waals surface area contributed by atoms with Crippen LogP contribution in [0.4, 0.5) is 0 Å². The molecule has 1 fully saturated rings. The molecule has 1 rings (SSSR count). The van der Waals surface area contributed by atoms with Crippen LogP contribution in [0.25, 0.3) is 0 Å². The summed E-state index contributed by atoms with van der Waals surface area (Å²) in [4.78, 5) is 13.4. The Kier molecular flexibility index (Phi) is 4.22. The van der Waals surface area contributed by atoms with Crippen molar-refractivity contribution in [3.8, 4) is 0 Å². The van der Waals surface area contributed by atoms with Crippen LogP contribution in [-0.2, 0) is 15.6 Å². The van der Waals surface area contributed by atoms with Crippen molar-refractivity contribution in [1.82, 2.24) is 4.90 Å². The lowest BCUT2D eigenvalue weighted by atomic mass is 10.1. The second-order valence-corrected chi connectivity index (χ2v) is 8.43. The molecule has 0 aliphatic carbocycles. The molecule has 1 atom stereocenters. The first-order chi connectivity index (χ1) is 7.26. The van der Waals surface area contributed by atoms with E-state index in [9.17, 15) is 9.00 Å². The predicted octanol–water partition coefficient (Wildman–Crippen LogP) is 2.27. The average Bonchev–Trinajstić information content (AvgIpc) is 2.31. The highest BCUT2D eigenvalue weighted by molar-refractivity contribution is 9.09. The van der Waals surface area contributed by atoms with Gasteiger partial charge in [-0.15, -0.1) is 0 Å². The quantitative estimate of drug-likeness (QED) is 0.590. The monoisotopic (exact) mass is 309 g/mol. The minimum Gasteiger partial charge on any atom is -0.325 e. The Morgan fingerprint density at radius 3 is 2.19 bits per heavy atom. The van der Waals surface area contributed by atoms with Crippen molar-refractivity contribution in [2.24, 2.45) is 0 Å². The third-order valence-corrected chi connectivity index (χ3v) is 5.88. The first-order valence-electron chi connectivity index (χ1n) is 5.56. The minimum atomic E-state index is -1.14. The molecule has 1 aliphatic rings. The highest BCUT2D eigenvalue weighted by Crippen LogP contribution is 2.38. The molecular weight excluding hydrogens is 290 g/mol. The van der Waals surface area contributed by atoms with E-state index >= 15 is 0 Å². The maximum absolute atomic E-state index is 12.2. The van der Waals surface area contributed by atoms with Crippen LogP contribution in [0.3, 0.4) is 0 Å². The van der Waals surface area contributed by atoms with Crippen molar-refractivity contribution in [3.05, 3.63) is 0 Å². The number of halogens is 1. The largest absolute Gasteiger partial charge is 0.325 e. The molecule has 0 aromatic heterocycles. The number of amides is 1. The lowest BCUT2D eigenvalue weighted by Crippen LogP contribution is -2.43. The van der Waals surface area contributed by atoms with E-state index in [1.165, 1.54) is 0 Å². The summed E-state index contributed by atoms with van der Waals surface area (Å²) >= 11 is 3.37. The maximum atomic E-state index is 12.2. The molecule has 0 bridgehead atoms. The summed E-state index contributed by atoms with van der Waals surface area (Å²) in [5.41, 5.74) is 0. The number of unbranched alkanes of at least 4 members (excludes halogenated alkanes) is 1. The van der Waals surface area contributed by atoms with Gasteiger partial charge in [-0.1, -0.05) is 15.9 Å². The summed E-state index contributed by atoms with van der Waals surface area (Å²) in [5, 5.41) is 0.946. The van der Waals surface area contributed by atoms with Crippen molar-refractivity contribution in [3.63, 3.8) is 0 Å². The summed E-state index contributed by atoms with van der Waals surface area (Å²) < 4.78 is 11.5. The highest BCUT2D eigenvalue weighted by Gasteiger charge is 2.56. The Balaban J connectivity index is 2.84. The van der Waals surface area contributed by atoms with Crippen LogP contribution in [-0.4, -0.2) is 36.5 Å². The fourth-order valence-electron chi connectivity index (χ4n) is 2.11. The molecule has 0 radical (unpaired) electrons. The number of carbonyl (C=O) groups excluding carboxylic acids is 1. The van der Waals surface area contributed by atoms with Gasteiger partial charge in [0.05, 0.1) is 10.8 Å². The van der Waals surface area contributed by atoms with Gasteiger partial charge in [-0.3, -0.25) is 9.00 Å². The molecule has 3 nitrogen and oxygen atoms in total. The van der Waals surface area contributed by atoms with Crippen LogP contribution in [0.15, 0.2) is 0 Å². The van der Waals surface area contributed by atoms with Crippen LogP contribution < -0.4 is 0 Å². The third kappa shape index (κ3) is 2.21. The van der Waals surface area contributed by atoms with Gasteiger partial charge in [0, 0.05) is 11.9 Å². The van der Waals surface area contributed by atoms with Crippen molar-refractivity contribution in [1.29, 1.82) is 0 Å². The second kappa shape index (κ2) is 4.77. The Hall–Kier alpha value is 0.1000. The van der Waals surface area contributed by atoms with Crippen LogP contribution in [0.5, 0.6) is 0 Å². The Labute approximate surface area is 109 Å². The first-order valence-corrected chi connectivity index (χ1v) is 7.83. The number of hydrogen-bond donors (Lipinski definition) is 0. The van der Waals surface area contributed by atoms with Crippen molar-refractivity contribution in [2.45, 2.75) is 50.2 Å². The standard InChI is InChI=1S/C11H20BrNO2S/c1-10(2)9(14)13(8-6-5-7-12)11(3,4)16(10)15/h5-8H2,1-4H3. The molecule has 1 heterocycles. The Morgan fingerprint density at radius 2 is 1.81 bits per heavy atom. The smallest absolute Gasteiger partial charge is 0.242 e. The average molecular weight is 310 g/mol. The summed E-state index contributed by atoms with van der Waals surface area (Å²) in [6.07, 6.45) is 1.99. The van der Waals surface area contributed by atoms with E-state index in [1.807, 2.05) is 13.8 Å². The lowest BCUT2D eigenvalue weighted by Gasteiger charge is -2.29. The molecule has 16 heavy (non-hydrogen) atoms. The van der Waals surface area contributed by atoms with E-state index in [4.69, 9.17) is 0 Å². The van der Waals surface area contributed by atoms with E-state index in [0.29, 0.717) is 6.54 Å². The molecule has 1 aliphatic heterocycles. The molecule has 5 heteroatoms. The van der Waals surface area contributed by atoms with Crippen LogP contribution in [0, 0.1) is 0 Å². The van der Waals surface area contributed by atoms with Gasteiger partial charge in [0.25, 0.3) is 0 Å². The zero-order chi connectivity index (χ0) is 12.6. The SMILES string of the molecule is CC1(C)C(=O)N(CCCCBr)C(C)(C)S1=O. The van der Waals surface area contributed by atoms with Gasteiger partial charge in [0.15, 0.2) is 0 Å². The van der Waals surface area contributed by atoms with Gasteiger partial charge in [0.2, 0.25) is 5.91 Å². The number of carbonyl (C=O) groups is 1. The zero-order valence-corrected chi connectivity index (χ0v) is 12.8. The molecule has 1 saturated heterocycles. The summed E-state index contributed by atoms with van der Waals surface area (Å²) in [7, 11) is -1.14. The van der Waals surface area contributed by atoms with Gasteiger partial charge in [0.1, 0.15) is 9.62 Å². The van der Waals surface area contributed by atoms with Gasteiger partial charge < -0.3 is 4.90 Å². The zero-order valence-electron chi connectivity index (χ0n) is 10.4. The second-order valence-electron chi connectivity index (χ2n) is 5.08. The summed E-state index contributed by atoms with van der Waals surface area (Å²) in [5.74, 6) is 0.0189. The Morgan fingerprint density at radius 1 is 1.25 bits per heavy atom. The third-order valence-electron chi connectivity index (χ3n) is 3.09. The fraction of sp³-hybridized carbons (Fsp3) is 0.909. The van der Waals surface area contributed by atoms with E-state index in [0.717, 1.165) is 18.2 Å². The van der Waals surface area contributed by atoms with Gasteiger partial charge >= 0.3 is 0 Å². The van der Waals surface area contributed by atoms with Gasteiger partial charge in [-0.25, -0.2) is 0 Å². The van der Waals surface area contributed by atoms with Crippen LogP contribution in [0.1, 0.15) is 40.5 Å². The van der Waals surface area contributed by atoms with Crippen molar-refractivity contribution >= 4 is 32.6 Å². The normalized spacial score (nSPS) is 27.4. The number of rotatable bonds is 4. The van der Waals surface area contributed by atoms with Gasteiger partial charge in [-0.05, 0) is 40.5 Å². The highest BCUT2D eigenvalue weighted by atomic mass is 79.9. The lowest BCUT2D eigenvalue weighted by molar-refractivity contribution is -0.133.